The van der Waals surface area contributed by atoms with Crippen LogP contribution >= 0.6 is 15.9 Å². The maximum Gasteiger partial charge on any atom is 0.241 e. The van der Waals surface area contributed by atoms with E-state index in [0.29, 0.717) is 12.3 Å². The second-order valence-electron chi connectivity index (χ2n) is 5.16. The Hall–Kier alpha value is -0.870. The molecule has 1 rings (SSSR count). The van der Waals surface area contributed by atoms with Gasteiger partial charge in [-0.2, -0.15) is 0 Å². The molecular formula is C14H21BrN2O. The number of nitrogens with two attached hydrogens (primary N) is 1. The molecule has 0 heterocycles. The van der Waals surface area contributed by atoms with Crippen molar-refractivity contribution in [1.29, 1.82) is 0 Å². The minimum absolute atomic E-state index is 0.128. The lowest BCUT2D eigenvalue weighted by atomic mass is 10.0. The van der Waals surface area contributed by atoms with Crippen molar-refractivity contribution in [3.05, 3.63) is 27.7 Å². The van der Waals surface area contributed by atoms with Gasteiger partial charge in [-0.3, -0.25) is 4.79 Å². The van der Waals surface area contributed by atoms with E-state index in [4.69, 9.17) is 5.73 Å². The van der Waals surface area contributed by atoms with Gasteiger partial charge in [0.2, 0.25) is 5.91 Å². The monoisotopic (exact) mass is 312 g/mol. The molecule has 0 spiro atoms. The lowest BCUT2D eigenvalue weighted by molar-refractivity contribution is -0.117. The molecule has 0 fully saturated rings. The summed E-state index contributed by atoms with van der Waals surface area (Å²) in [4.78, 5) is 12.0. The van der Waals surface area contributed by atoms with Gasteiger partial charge in [0.05, 0.1) is 11.7 Å². The van der Waals surface area contributed by atoms with E-state index in [1.54, 1.807) is 0 Å². The third-order valence-corrected chi connectivity index (χ3v) is 3.37. The van der Waals surface area contributed by atoms with Crippen molar-refractivity contribution in [2.24, 2.45) is 11.7 Å². The minimum atomic E-state index is -0.461. The highest BCUT2D eigenvalue weighted by atomic mass is 79.9. The number of carbonyl (C=O) groups excluding carboxylic acids is 1. The van der Waals surface area contributed by atoms with Crippen molar-refractivity contribution in [3.8, 4) is 0 Å². The average Bonchev–Trinajstić information content (AvgIpc) is 2.21. The van der Waals surface area contributed by atoms with Gasteiger partial charge >= 0.3 is 0 Å². The smallest absolute Gasteiger partial charge is 0.241 e. The minimum Gasteiger partial charge on any atom is -0.323 e. The molecule has 1 aromatic rings. The molecule has 0 unspecified atom stereocenters. The van der Waals surface area contributed by atoms with Gasteiger partial charge in [-0.05, 0) is 59.3 Å². The van der Waals surface area contributed by atoms with Crippen molar-refractivity contribution < 1.29 is 4.79 Å². The van der Waals surface area contributed by atoms with E-state index >= 15 is 0 Å². The second-order valence-corrected chi connectivity index (χ2v) is 6.02. The van der Waals surface area contributed by atoms with Crippen LogP contribution in [0.25, 0.3) is 0 Å². The Morgan fingerprint density at radius 2 is 2.00 bits per heavy atom. The zero-order valence-corrected chi connectivity index (χ0v) is 13.0. The maximum absolute atomic E-state index is 12.0. The van der Waals surface area contributed by atoms with E-state index in [9.17, 15) is 4.79 Å². The van der Waals surface area contributed by atoms with E-state index in [1.807, 2.05) is 26.0 Å². The number of carbonyl (C=O) groups is 1. The maximum atomic E-state index is 12.0. The van der Waals surface area contributed by atoms with Gasteiger partial charge in [-0.25, -0.2) is 0 Å². The van der Waals surface area contributed by atoms with Gasteiger partial charge in [0, 0.05) is 4.47 Å². The number of halogens is 1. The summed E-state index contributed by atoms with van der Waals surface area (Å²) >= 11 is 3.47. The first kappa shape index (κ1) is 15.2. The molecule has 0 aliphatic carbocycles. The van der Waals surface area contributed by atoms with Gasteiger partial charge in [0.15, 0.2) is 0 Å². The van der Waals surface area contributed by atoms with Crippen molar-refractivity contribution in [2.45, 2.75) is 40.2 Å². The fourth-order valence-electron chi connectivity index (χ4n) is 1.90. The van der Waals surface area contributed by atoms with Crippen molar-refractivity contribution in [2.75, 3.05) is 5.32 Å². The number of anilines is 1. The Balaban J connectivity index is 2.82. The van der Waals surface area contributed by atoms with Crippen molar-refractivity contribution in [3.63, 3.8) is 0 Å². The molecule has 0 saturated heterocycles. The van der Waals surface area contributed by atoms with Crippen LogP contribution in [0.4, 0.5) is 5.69 Å². The van der Waals surface area contributed by atoms with Crippen LogP contribution < -0.4 is 11.1 Å². The Bertz CT molecular complexity index is 420. The van der Waals surface area contributed by atoms with Crippen LogP contribution in [-0.4, -0.2) is 11.9 Å². The molecule has 0 radical (unpaired) electrons. The molecule has 0 bridgehead atoms. The molecule has 1 atom stereocenters. The Morgan fingerprint density at radius 3 is 2.50 bits per heavy atom. The first-order valence-corrected chi connectivity index (χ1v) is 6.93. The Kier molecular flexibility index (Phi) is 5.35. The molecule has 0 saturated carbocycles. The number of hydrogen-bond acceptors (Lipinski definition) is 2. The third kappa shape index (κ3) is 4.10. The molecule has 3 nitrogen and oxygen atoms in total. The van der Waals surface area contributed by atoms with Gasteiger partial charge in [-0.15, -0.1) is 0 Å². The highest BCUT2D eigenvalue weighted by molar-refractivity contribution is 9.10. The summed E-state index contributed by atoms with van der Waals surface area (Å²) in [5, 5.41) is 2.90. The van der Waals surface area contributed by atoms with Crippen LogP contribution in [0, 0.1) is 19.8 Å². The number of rotatable bonds is 4. The summed E-state index contributed by atoms with van der Waals surface area (Å²) in [5.74, 6) is 0.282. The highest BCUT2D eigenvalue weighted by Crippen LogP contribution is 2.27. The summed E-state index contributed by atoms with van der Waals surface area (Å²) < 4.78 is 0.894. The summed E-state index contributed by atoms with van der Waals surface area (Å²) in [6.45, 7) is 8.11. The summed E-state index contributed by atoms with van der Waals surface area (Å²) in [7, 11) is 0. The standard InChI is InChI=1S/C14H21BrN2O/c1-8(2)5-12(16)14(18)17-13-10(4)6-9(3)7-11(13)15/h6-8,12H,5,16H2,1-4H3,(H,17,18)/t12-/m0/s1. The first-order valence-electron chi connectivity index (χ1n) is 6.14. The Labute approximate surface area is 117 Å². The van der Waals surface area contributed by atoms with Gasteiger partial charge < -0.3 is 11.1 Å². The number of amides is 1. The fourth-order valence-corrected chi connectivity index (χ4v) is 2.68. The molecule has 1 amide bonds. The van der Waals surface area contributed by atoms with Crippen LogP contribution in [0.5, 0.6) is 0 Å². The topological polar surface area (TPSA) is 55.1 Å². The number of hydrogen-bond donors (Lipinski definition) is 2. The van der Waals surface area contributed by atoms with Crippen molar-refractivity contribution in [1.82, 2.24) is 0 Å². The SMILES string of the molecule is Cc1cc(C)c(NC(=O)[C@@H](N)CC(C)C)c(Br)c1. The summed E-state index contributed by atoms with van der Waals surface area (Å²) in [6, 6.07) is 3.56. The molecule has 0 aliphatic heterocycles. The molecule has 100 valence electrons. The van der Waals surface area contributed by atoms with Crippen LogP contribution in [0.1, 0.15) is 31.4 Å². The third-order valence-electron chi connectivity index (χ3n) is 2.74. The van der Waals surface area contributed by atoms with Crippen LogP contribution in [-0.2, 0) is 4.79 Å². The molecule has 4 heteroatoms. The van der Waals surface area contributed by atoms with Crippen LogP contribution in [0.15, 0.2) is 16.6 Å². The predicted octanol–water partition coefficient (Wildman–Crippen LogP) is 3.38. The molecule has 18 heavy (non-hydrogen) atoms. The number of benzene rings is 1. The van der Waals surface area contributed by atoms with Gasteiger partial charge in [-0.1, -0.05) is 19.9 Å². The zero-order chi connectivity index (χ0) is 13.9. The molecule has 1 aromatic carbocycles. The van der Waals surface area contributed by atoms with Gasteiger partial charge in [0.25, 0.3) is 0 Å². The fraction of sp³-hybridized carbons (Fsp3) is 0.500. The lowest BCUT2D eigenvalue weighted by Gasteiger charge is -2.16. The van der Waals surface area contributed by atoms with E-state index in [0.717, 1.165) is 21.3 Å². The molecule has 3 N–H and O–H groups in total. The van der Waals surface area contributed by atoms with Crippen LogP contribution in [0.2, 0.25) is 0 Å². The Morgan fingerprint density at radius 1 is 1.39 bits per heavy atom. The lowest BCUT2D eigenvalue weighted by Crippen LogP contribution is -2.36. The molecule has 0 aliphatic rings. The highest BCUT2D eigenvalue weighted by Gasteiger charge is 2.17. The molecule has 0 aromatic heterocycles. The van der Waals surface area contributed by atoms with E-state index < -0.39 is 6.04 Å². The van der Waals surface area contributed by atoms with E-state index in [1.165, 1.54) is 0 Å². The average molecular weight is 313 g/mol. The van der Waals surface area contributed by atoms with Crippen molar-refractivity contribution >= 4 is 27.5 Å². The zero-order valence-electron chi connectivity index (χ0n) is 11.4. The first-order chi connectivity index (χ1) is 8.31. The van der Waals surface area contributed by atoms with E-state index in [-0.39, 0.29) is 5.91 Å². The molecular weight excluding hydrogens is 292 g/mol. The quantitative estimate of drug-likeness (QED) is 0.895. The predicted molar refractivity (Wildman–Crippen MR) is 79.7 cm³/mol. The largest absolute Gasteiger partial charge is 0.323 e. The van der Waals surface area contributed by atoms with E-state index in [2.05, 4.69) is 35.1 Å². The summed E-state index contributed by atoms with van der Waals surface area (Å²) in [5.41, 5.74) is 8.87. The van der Waals surface area contributed by atoms with Gasteiger partial charge in [0.1, 0.15) is 0 Å². The van der Waals surface area contributed by atoms with Crippen LogP contribution in [0.3, 0.4) is 0 Å². The number of nitrogens with one attached hydrogen (secondary N) is 1. The normalized spacial score (nSPS) is 12.6. The summed E-state index contributed by atoms with van der Waals surface area (Å²) in [6.07, 6.45) is 0.689. The number of aryl methyl sites for hydroxylation is 2. The second kappa shape index (κ2) is 6.34.